The number of esters is 1. The zero-order valence-electron chi connectivity index (χ0n) is 19.4. The van der Waals surface area contributed by atoms with Crippen LogP contribution in [-0.2, 0) is 32.7 Å². The number of sulfonamides is 1. The van der Waals surface area contributed by atoms with Crippen molar-refractivity contribution >= 4 is 16.0 Å². The molecule has 4 rings (SSSR count). The molecule has 0 bridgehead atoms. The van der Waals surface area contributed by atoms with Crippen LogP contribution in [0.1, 0.15) is 28.3 Å². The first-order valence-corrected chi connectivity index (χ1v) is 12.8. The molecule has 0 aliphatic rings. The lowest BCUT2D eigenvalue weighted by Crippen LogP contribution is -2.39. The first-order valence-electron chi connectivity index (χ1n) is 11.3. The van der Waals surface area contributed by atoms with Gasteiger partial charge in [-0.25, -0.2) is 13.2 Å². The van der Waals surface area contributed by atoms with Gasteiger partial charge in [0.25, 0.3) is 0 Å². The fraction of sp³-hybridized carbons (Fsp3) is 0.138. The minimum absolute atomic E-state index is 0.0110. The first-order chi connectivity index (χ1) is 16.9. The zero-order chi connectivity index (χ0) is 24.7. The fourth-order valence-corrected chi connectivity index (χ4v) is 5.34. The van der Waals surface area contributed by atoms with Crippen molar-refractivity contribution < 1.29 is 17.9 Å². The van der Waals surface area contributed by atoms with E-state index in [0.29, 0.717) is 5.56 Å². The molecule has 0 amide bonds. The van der Waals surface area contributed by atoms with Crippen LogP contribution in [0.25, 0.3) is 0 Å². The molecule has 1 atom stereocenters. The van der Waals surface area contributed by atoms with Crippen LogP contribution < -0.4 is 0 Å². The Morgan fingerprint density at radius 1 is 0.743 bits per heavy atom. The fourth-order valence-electron chi connectivity index (χ4n) is 3.79. The van der Waals surface area contributed by atoms with Gasteiger partial charge in [-0.1, -0.05) is 109 Å². The first kappa shape index (κ1) is 24.4. The molecule has 0 saturated heterocycles. The highest BCUT2D eigenvalue weighted by Crippen LogP contribution is 2.31. The summed E-state index contributed by atoms with van der Waals surface area (Å²) in [6.07, 6.45) is 0. The Balaban J connectivity index is 1.77. The molecule has 6 heteroatoms. The predicted molar refractivity (Wildman–Crippen MR) is 136 cm³/mol. The van der Waals surface area contributed by atoms with Crippen molar-refractivity contribution in [2.75, 3.05) is 0 Å². The number of carbonyl (C=O) groups excluding carboxylic acids is 1. The third-order valence-electron chi connectivity index (χ3n) is 5.66. The van der Waals surface area contributed by atoms with Crippen LogP contribution in [0, 0.1) is 6.92 Å². The van der Waals surface area contributed by atoms with Gasteiger partial charge in [0.05, 0.1) is 4.90 Å². The Bertz CT molecular complexity index is 1340. The van der Waals surface area contributed by atoms with E-state index in [1.54, 1.807) is 48.5 Å². The number of nitrogens with zero attached hydrogens (tertiary/aromatic N) is 1. The third kappa shape index (κ3) is 6.04. The van der Waals surface area contributed by atoms with E-state index in [9.17, 15) is 13.2 Å². The minimum atomic E-state index is -4.06. The number of hydrogen-bond donors (Lipinski definition) is 0. The number of hydrogen-bond acceptors (Lipinski definition) is 4. The van der Waals surface area contributed by atoms with Gasteiger partial charge in [-0.15, -0.1) is 0 Å². The highest BCUT2D eigenvalue weighted by molar-refractivity contribution is 7.89. The standard InChI is InChI=1S/C29H27NO4S/c1-23-17-19-27(20-18-23)35(32,33)30(21-24-11-5-2-6-12-24)28(26-15-9-4-10-16-26)29(31)34-22-25-13-7-3-8-14-25/h2-20,28H,21-22H2,1H3/t28-/m0/s1. The predicted octanol–water partition coefficient (Wildman–Crippen LogP) is 5.67. The smallest absolute Gasteiger partial charge is 0.329 e. The van der Waals surface area contributed by atoms with Crippen molar-refractivity contribution in [3.05, 3.63) is 138 Å². The van der Waals surface area contributed by atoms with Crippen molar-refractivity contribution in [1.82, 2.24) is 4.31 Å². The maximum Gasteiger partial charge on any atom is 0.329 e. The molecule has 0 N–H and O–H groups in total. The molecular formula is C29H27NO4S. The van der Waals surface area contributed by atoms with E-state index >= 15 is 0 Å². The van der Waals surface area contributed by atoms with Crippen molar-refractivity contribution in [3.63, 3.8) is 0 Å². The zero-order valence-corrected chi connectivity index (χ0v) is 20.3. The van der Waals surface area contributed by atoms with E-state index < -0.39 is 22.0 Å². The van der Waals surface area contributed by atoms with E-state index in [2.05, 4.69) is 0 Å². The Labute approximate surface area is 206 Å². The largest absolute Gasteiger partial charge is 0.459 e. The molecule has 0 heterocycles. The average molecular weight is 486 g/mol. The molecule has 0 aromatic heterocycles. The van der Waals surface area contributed by atoms with Gasteiger partial charge in [0.1, 0.15) is 12.6 Å². The summed E-state index contributed by atoms with van der Waals surface area (Å²) in [5.41, 5.74) is 3.07. The SMILES string of the molecule is Cc1ccc(S(=O)(=O)N(Cc2ccccc2)[C@H](C(=O)OCc2ccccc2)c2ccccc2)cc1. The van der Waals surface area contributed by atoms with Gasteiger partial charge in [0.2, 0.25) is 10.0 Å². The van der Waals surface area contributed by atoms with Crippen molar-refractivity contribution in [3.8, 4) is 0 Å². The van der Waals surface area contributed by atoms with Gasteiger partial charge < -0.3 is 4.74 Å². The van der Waals surface area contributed by atoms with Gasteiger partial charge in [-0.2, -0.15) is 4.31 Å². The van der Waals surface area contributed by atoms with E-state index in [-0.39, 0.29) is 18.0 Å². The van der Waals surface area contributed by atoms with Gasteiger partial charge in [0.15, 0.2) is 0 Å². The average Bonchev–Trinajstić information content (AvgIpc) is 2.89. The summed E-state index contributed by atoms with van der Waals surface area (Å²) in [7, 11) is -4.06. The summed E-state index contributed by atoms with van der Waals surface area (Å²) in [6, 6.07) is 32.9. The van der Waals surface area contributed by atoms with E-state index in [4.69, 9.17) is 4.74 Å². The van der Waals surface area contributed by atoms with Crippen LogP contribution in [0.5, 0.6) is 0 Å². The molecule has 178 valence electrons. The summed E-state index contributed by atoms with van der Waals surface area (Å²) in [5.74, 6) is -0.633. The quantitative estimate of drug-likeness (QED) is 0.287. The molecule has 4 aromatic rings. The monoisotopic (exact) mass is 485 g/mol. The number of aryl methyl sites for hydroxylation is 1. The minimum Gasteiger partial charge on any atom is -0.459 e. The van der Waals surface area contributed by atoms with E-state index in [1.165, 1.54) is 4.31 Å². The van der Waals surface area contributed by atoms with Crippen LogP contribution in [0.2, 0.25) is 0 Å². The molecule has 4 aromatic carbocycles. The lowest BCUT2D eigenvalue weighted by Gasteiger charge is -2.30. The second-order valence-electron chi connectivity index (χ2n) is 8.26. The van der Waals surface area contributed by atoms with Crippen LogP contribution in [0.15, 0.2) is 120 Å². The van der Waals surface area contributed by atoms with Crippen molar-refractivity contribution in [2.24, 2.45) is 0 Å². The molecule has 0 radical (unpaired) electrons. The van der Waals surface area contributed by atoms with Crippen LogP contribution in [0.3, 0.4) is 0 Å². The molecule has 35 heavy (non-hydrogen) atoms. The molecule has 5 nitrogen and oxygen atoms in total. The van der Waals surface area contributed by atoms with Crippen LogP contribution >= 0.6 is 0 Å². The van der Waals surface area contributed by atoms with E-state index in [1.807, 2.05) is 73.7 Å². The molecule has 0 saturated carbocycles. The summed E-state index contributed by atoms with van der Waals surface area (Å²) in [5, 5.41) is 0. The lowest BCUT2D eigenvalue weighted by atomic mass is 10.1. The van der Waals surface area contributed by atoms with Crippen LogP contribution in [0.4, 0.5) is 0 Å². The maximum atomic E-state index is 14.0. The van der Waals surface area contributed by atoms with Gasteiger partial charge >= 0.3 is 5.97 Å². The van der Waals surface area contributed by atoms with Gasteiger partial charge in [-0.3, -0.25) is 0 Å². The molecule has 0 aliphatic carbocycles. The molecule has 0 unspecified atom stereocenters. The summed E-state index contributed by atoms with van der Waals surface area (Å²) < 4.78 is 34.8. The number of ether oxygens (including phenoxy) is 1. The molecule has 0 fully saturated rings. The number of carbonyl (C=O) groups is 1. The molecule has 0 aliphatic heterocycles. The Hall–Kier alpha value is -3.74. The van der Waals surface area contributed by atoms with Gasteiger partial charge in [0, 0.05) is 6.54 Å². The van der Waals surface area contributed by atoms with E-state index in [0.717, 1.165) is 16.7 Å². The van der Waals surface area contributed by atoms with Crippen molar-refractivity contribution in [1.29, 1.82) is 0 Å². The highest BCUT2D eigenvalue weighted by atomic mass is 32.2. The second kappa shape index (κ2) is 11.1. The topological polar surface area (TPSA) is 63.7 Å². The summed E-state index contributed by atoms with van der Waals surface area (Å²) >= 11 is 0. The molecule has 0 spiro atoms. The lowest BCUT2D eigenvalue weighted by molar-refractivity contribution is -0.150. The van der Waals surface area contributed by atoms with Gasteiger partial charge in [-0.05, 0) is 35.7 Å². The summed E-state index contributed by atoms with van der Waals surface area (Å²) in [4.78, 5) is 13.7. The number of rotatable bonds is 9. The normalized spacial score (nSPS) is 12.3. The Morgan fingerprint density at radius 3 is 1.83 bits per heavy atom. The summed E-state index contributed by atoms with van der Waals surface area (Å²) in [6.45, 7) is 1.95. The maximum absolute atomic E-state index is 14.0. The number of benzene rings is 4. The highest BCUT2D eigenvalue weighted by Gasteiger charge is 2.38. The Morgan fingerprint density at radius 2 is 1.26 bits per heavy atom. The second-order valence-corrected chi connectivity index (χ2v) is 10.1. The van der Waals surface area contributed by atoms with Crippen LogP contribution in [-0.4, -0.2) is 18.7 Å². The third-order valence-corrected chi connectivity index (χ3v) is 7.48. The Kier molecular flexibility index (Phi) is 7.75. The van der Waals surface area contributed by atoms with Crippen molar-refractivity contribution in [2.45, 2.75) is 31.0 Å². The molecular weight excluding hydrogens is 458 g/mol.